The third kappa shape index (κ3) is 5.43. The van der Waals surface area contributed by atoms with Crippen molar-refractivity contribution in [3.63, 3.8) is 0 Å². The Morgan fingerprint density at radius 3 is 2.81 bits per heavy atom. The van der Waals surface area contributed by atoms with E-state index >= 15 is 0 Å². The maximum absolute atomic E-state index is 12.8. The lowest BCUT2D eigenvalue weighted by molar-refractivity contribution is -0.115. The Kier molecular flexibility index (Phi) is 7.34. The van der Waals surface area contributed by atoms with Crippen molar-refractivity contribution in [3.05, 3.63) is 53.6 Å². The van der Waals surface area contributed by atoms with Gasteiger partial charge in [0.2, 0.25) is 5.91 Å². The fraction of sp³-hybridized carbons (Fsp3) is 0.348. The van der Waals surface area contributed by atoms with Gasteiger partial charge in [0.15, 0.2) is 11.0 Å². The average molecular weight is 473 g/mol. The zero-order valence-corrected chi connectivity index (χ0v) is 19.5. The molecule has 3 aromatic rings. The van der Waals surface area contributed by atoms with Crippen molar-refractivity contribution in [1.82, 2.24) is 14.8 Å². The van der Waals surface area contributed by atoms with Gasteiger partial charge in [0, 0.05) is 22.9 Å². The van der Waals surface area contributed by atoms with Crippen LogP contribution in [0.3, 0.4) is 0 Å². The van der Waals surface area contributed by atoms with Crippen molar-refractivity contribution in [2.75, 3.05) is 19.0 Å². The van der Waals surface area contributed by atoms with Crippen LogP contribution in [0, 0.1) is 0 Å². The van der Waals surface area contributed by atoms with E-state index in [2.05, 4.69) is 15.5 Å². The highest BCUT2D eigenvalue weighted by atomic mass is 35.5. The van der Waals surface area contributed by atoms with Crippen LogP contribution in [0.1, 0.15) is 19.8 Å². The number of hydrogen-bond donors (Lipinski definition) is 1. The number of hydrogen-bond acceptors (Lipinski definition) is 6. The minimum Gasteiger partial charge on any atom is -0.497 e. The highest BCUT2D eigenvalue weighted by molar-refractivity contribution is 8.00. The topological polar surface area (TPSA) is 78.3 Å². The second kappa shape index (κ2) is 10.4. The maximum Gasteiger partial charge on any atom is 0.237 e. The molecule has 2 atom stereocenters. The highest BCUT2D eigenvalue weighted by Gasteiger charge is 2.24. The molecule has 4 rings (SSSR count). The molecule has 2 aromatic carbocycles. The lowest BCUT2D eigenvalue weighted by atomic mass is 10.2. The quantitative estimate of drug-likeness (QED) is 0.469. The molecule has 9 heteroatoms. The molecule has 1 saturated heterocycles. The Hall–Kier alpha value is -2.55. The van der Waals surface area contributed by atoms with Crippen LogP contribution in [-0.2, 0) is 16.1 Å². The SMILES string of the molecule is COc1ccc(-c2nnc(SC(C)C(=O)Nc3cccc(Cl)c3)n2CC2CCCO2)cc1. The number of halogens is 1. The van der Waals surface area contributed by atoms with Crippen LogP contribution in [0.25, 0.3) is 11.4 Å². The summed E-state index contributed by atoms with van der Waals surface area (Å²) in [5.41, 5.74) is 1.59. The zero-order chi connectivity index (χ0) is 22.5. The minimum atomic E-state index is -0.384. The molecule has 0 aliphatic carbocycles. The number of ether oxygens (including phenoxy) is 2. The predicted molar refractivity (Wildman–Crippen MR) is 126 cm³/mol. The molecule has 2 unspecified atom stereocenters. The monoisotopic (exact) mass is 472 g/mol. The number of carbonyl (C=O) groups excluding carboxylic acids is 1. The number of benzene rings is 2. The normalized spacial score (nSPS) is 16.7. The first-order valence-electron chi connectivity index (χ1n) is 10.5. The third-order valence-corrected chi connectivity index (χ3v) is 6.53. The van der Waals surface area contributed by atoms with Crippen molar-refractivity contribution < 1.29 is 14.3 Å². The number of carbonyl (C=O) groups is 1. The molecule has 1 N–H and O–H groups in total. The second-order valence-corrected chi connectivity index (χ2v) is 9.28. The molecule has 2 heterocycles. The first kappa shape index (κ1) is 22.6. The van der Waals surface area contributed by atoms with E-state index in [0.717, 1.165) is 36.6 Å². The van der Waals surface area contributed by atoms with Gasteiger partial charge in [0.1, 0.15) is 5.75 Å². The number of rotatable bonds is 8. The fourth-order valence-electron chi connectivity index (χ4n) is 3.51. The van der Waals surface area contributed by atoms with Gasteiger partial charge < -0.3 is 14.8 Å². The van der Waals surface area contributed by atoms with Crippen molar-refractivity contribution in [3.8, 4) is 17.1 Å². The summed E-state index contributed by atoms with van der Waals surface area (Å²) in [7, 11) is 1.64. The number of methoxy groups -OCH3 is 1. The summed E-state index contributed by atoms with van der Waals surface area (Å²) < 4.78 is 13.2. The molecule has 0 radical (unpaired) electrons. The van der Waals surface area contributed by atoms with E-state index in [4.69, 9.17) is 21.1 Å². The first-order chi connectivity index (χ1) is 15.5. The maximum atomic E-state index is 12.8. The minimum absolute atomic E-state index is 0.109. The predicted octanol–water partition coefficient (Wildman–Crippen LogP) is 4.91. The molecular weight excluding hydrogens is 448 g/mol. The van der Waals surface area contributed by atoms with Crippen molar-refractivity contribution in [2.45, 2.75) is 42.8 Å². The summed E-state index contributed by atoms with van der Waals surface area (Å²) in [5, 5.41) is 12.6. The van der Waals surface area contributed by atoms with Crippen molar-refractivity contribution in [1.29, 1.82) is 0 Å². The number of amides is 1. The number of thioether (sulfide) groups is 1. The summed E-state index contributed by atoms with van der Waals surface area (Å²) in [4.78, 5) is 12.8. The van der Waals surface area contributed by atoms with Gasteiger partial charge in [-0.2, -0.15) is 0 Å². The number of nitrogens with zero attached hydrogens (tertiary/aromatic N) is 3. The number of aromatic nitrogens is 3. The van der Waals surface area contributed by atoms with Crippen molar-refractivity contribution in [2.24, 2.45) is 0 Å². The van der Waals surface area contributed by atoms with Gasteiger partial charge in [-0.25, -0.2) is 0 Å². The largest absolute Gasteiger partial charge is 0.497 e. The Balaban J connectivity index is 1.55. The van der Waals surface area contributed by atoms with Crippen LogP contribution in [0.2, 0.25) is 5.02 Å². The lowest BCUT2D eigenvalue weighted by Crippen LogP contribution is -2.23. The Morgan fingerprint density at radius 1 is 1.31 bits per heavy atom. The summed E-state index contributed by atoms with van der Waals surface area (Å²) in [6.07, 6.45) is 2.15. The van der Waals surface area contributed by atoms with E-state index in [9.17, 15) is 4.79 Å². The number of anilines is 1. The standard InChI is InChI=1S/C23H25ClN4O3S/c1-15(22(29)25-18-6-3-5-17(24)13-18)32-23-27-26-21(16-8-10-19(30-2)11-9-16)28(23)14-20-7-4-12-31-20/h3,5-6,8-11,13,15,20H,4,7,12,14H2,1-2H3,(H,25,29). The van der Waals surface area contributed by atoms with E-state index < -0.39 is 0 Å². The van der Waals surface area contributed by atoms with Crippen LogP contribution in [-0.4, -0.2) is 45.7 Å². The first-order valence-corrected chi connectivity index (χ1v) is 11.7. The molecule has 1 amide bonds. The Morgan fingerprint density at radius 2 is 2.12 bits per heavy atom. The van der Waals surface area contributed by atoms with E-state index in [-0.39, 0.29) is 17.3 Å². The van der Waals surface area contributed by atoms with Gasteiger partial charge in [-0.05, 0) is 62.2 Å². The van der Waals surface area contributed by atoms with Gasteiger partial charge in [-0.3, -0.25) is 9.36 Å². The molecule has 0 saturated carbocycles. The van der Waals surface area contributed by atoms with E-state index in [1.807, 2.05) is 41.8 Å². The molecule has 7 nitrogen and oxygen atoms in total. The molecule has 0 spiro atoms. The second-order valence-electron chi connectivity index (χ2n) is 7.54. The van der Waals surface area contributed by atoms with Gasteiger partial charge in [0.25, 0.3) is 0 Å². The van der Waals surface area contributed by atoms with Gasteiger partial charge in [-0.1, -0.05) is 29.4 Å². The highest BCUT2D eigenvalue weighted by Crippen LogP contribution is 2.30. The van der Waals surface area contributed by atoms with Crippen LogP contribution >= 0.6 is 23.4 Å². The van der Waals surface area contributed by atoms with E-state index in [1.165, 1.54) is 11.8 Å². The fourth-order valence-corrected chi connectivity index (χ4v) is 4.56. The lowest BCUT2D eigenvalue weighted by Gasteiger charge is -2.16. The molecule has 32 heavy (non-hydrogen) atoms. The molecule has 168 valence electrons. The molecular formula is C23H25ClN4O3S. The van der Waals surface area contributed by atoms with Gasteiger partial charge in [0.05, 0.1) is 25.0 Å². The summed E-state index contributed by atoms with van der Waals surface area (Å²) >= 11 is 7.39. The molecule has 1 aliphatic heterocycles. The van der Waals surface area contributed by atoms with E-state index in [0.29, 0.717) is 22.4 Å². The van der Waals surface area contributed by atoms with Crippen LogP contribution in [0.5, 0.6) is 5.75 Å². The summed E-state index contributed by atoms with van der Waals surface area (Å²) in [5.74, 6) is 1.39. The zero-order valence-electron chi connectivity index (χ0n) is 18.0. The van der Waals surface area contributed by atoms with Gasteiger partial charge in [-0.15, -0.1) is 10.2 Å². The summed E-state index contributed by atoms with van der Waals surface area (Å²) in [6.45, 7) is 3.26. The Bertz CT molecular complexity index is 1070. The third-order valence-electron chi connectivity index (χ3n) is 5.22. The molecule has 1 aliphatic rings. The summed E-state index contributed by atoms with van der Waals surface area (Å²) in [6, 6.07) is 14.8. The van der Waals surface area contributed by atoms with Crippen LogP contribution in [0.4, 0.5) is 5.69 Å². The van der Waals surface area contributed by atoms with Crippen LogP contribution < -0.4 is 10.1 Å². The Labute approximate surface area is 196 Å². The molecule has 1 aromatic heterocycles. The average Bonchev–Trinajstić information content (AvgIpc) is 3.44. The van der Waals surface area contributed by atoms with E-state index in [1.54, 1.807) is 25.3 Å². The van der Waals surface area contributed by atoms with Crippen molar-refractivity contribution >= 4 is 35.0 Å². The smallest absolute Gasteiger partial charge is 0.237 e. The number of nitrogens with one attached hydrogen (secondary N) is 1. The molecule has 1 fully saturated rings. The molecule has 0 bridgehead atoms. The van der Waals surface area contributed by atoms with Crippen LogP contribution in [0.15, 0.2) is 53.7 Å². The van der Waals surface area contributed by atoms with Gasteiger partial charge >= 0.3 is 0 Å².